The lowest BCUT2D eigenvalue weighted by atomic mass is 10.2. The summed E-state index contributed by atoms with van der Waals surface area (Å²) in [6, 6.07) is 12.4. The summed E-state index contributed by atoms with van der Waals surface area (Å²) in [6.07, 6.45) is 0. The van der Waals surface area contributed by atoms with Crippen molar-refractivity contribution in [3.05, 3.63) is 59.9 Å². The molecule has 25 heavy (non-hydrogen) atoms. The van der Waals surface area contributed by atoms with Crippen LogP contribution in [0.1, 0.15) is 10.4 Å². The van der Waals surface area contributed by atoms with Crippen molar-refractivity contribution in [3.8, 4) is 5.88 Å². The molecule has 126 valence electrons. The Labute approximate surface area is 141 Å². The Morgan fingerprint density at radius 2 is 1.84 bits per heavy atom. The summed E-state index contributed by atoms with van der Waals surface area (Å²) in [5, 5.41) is 19.9. The zero-order valence-corrected chi connectivity index (χ0v) is 12.9. The Balaban J connectivity index is 1.66. The van der Waals surface area contributed by atoms with Crippen LogP contribution in [0.4, 0.5) is 10.1 Å². The van der Waals surface area contributed by atoms with Crippen LogP contribution in [0.5, 0.6) is 5.88 Å². The topological polar surface area (TPSA) is 107 Å². The fraction of sp³-hybridized carbons (Fsp3) is 0.0588. The number of H-pyrrole nitrogens is 1. The number of aromatic amines is 1. The smallest absolute Gasteiger partial charge is 0.283 e. The fourth-order valence-corrected chi connectivity index (χ4v) is 2.25. The van der Waals surface area contributed by atoms with Crippen molar-refractivity contribution in [3.63, 3.8) is 0 Å². The van der Waals surface area contributed by atoms with E-state index >= 15 is 0 Å². The van der Waals surface area contributed by atoms with E-state index < -0.39 is 24.2 Å². The summed E-state index contributed by atoms with van der Waals surface area (Å²) in [5.74, 6) is -2.36. The van der Waals surface area contributed by atoms with Gasteiger partial charge in [0.05, 0.1) is 11.1 Å². The van der Waals surface area contributed by atoms with Gasteiger partial charge in [-0.25, -0.2) is 4.39 Å². The zero-order chi connectivity index (χ0) is 17.8. The monoisotopic (exact) mass is 340 g/mol. The molecule has 0 aliphatic carbocycles. The molecule has 3 aromatic rings. The second-order valence-corrected chi connectivity index (χ2v) is 5.12. The summed E-state index contributed by atoms with van der Waals surface area (Å²) < 4.78 is 13.5. The lowest BCUT2D eigenvalue weighted by molar-refractivity contribution is -0.117. The number of carbonyl (C=O) groups excluding carboxylic acids is 2. The van der Waals surface area contributed by atoms with Crippen molar-refractivity contribution in [2.45, 2.75) is 0 Å². The fourth-order valence-electron chi connectivity index (χ4n) is 2.25. The number of fused-ring (bicyclic) bond motifs is 1. The van der Waals surface area contributed by atoms with Gasteiger partial charge in [0.2, 0.25) is 5.88 Å². The van der Waals surface area contributed by atoms with E-state index in [9.17, 15) is 19.1 Å². The van der Waals surface area contributed by atoms with E-state index in [1.807, 2.05) is 0 Å². The molecule has 0 bridgehead atoms. The van der Waals surface area contributed by atoms with Crippen molar-refractivity contribution >= 4 is 28.4 Å². The molecule has 0 aliphatic heterocycles. The third-order valence-electron chi connectivity index (χ3n) is 3.44. The minimum atomic E-state index is -0.741. The van der Waals surface area contributed by atoms with Crippen LogP contribution in [-0.2, 0) is 4.79 Å². The first-order valence-corrected chi connectivity index (χ1v) is 7.33. The number of amides is 2. The molecule has 0 saturated heterocycles. The van der Waals surface area contributed by atoms with Crippen molar-refractivity contribution in [2.24, 2.45) is 10.2 Å². The van der Waals surface area contributed by atoms with Crippen LogP contribution in [0.15, 0.2) is 58.8 Å². The quantitative estimate of drug-likeness (QED) is 0.635. The van der Waals surface area contributed by atoms with Crippen LogP contribution in [0.2, 0.25) is 0 Å². The number of aromatic hydroxyl groups is 1. The summed E-state index contributed by atoms with van der Waals surface area (Å²) in [7, 11) is 0. The van der Waals surface area contributed by atoms with Crippen LogP contribution in [0, 0.1) is 5.82 Å². The number of hydrogen-bond donors (Lipinski definition) is 3. The maximum atomic E-state index is 13.5. The molecule has 3 N–H and O–H groups in total. The second-order valence-electron chi connectivity index (χ2n) is 5.12. The maximum Gasteiger partial charge on any atom is 0.283 e. The molecule has 0 atom stereocenters. The van der Waals surface area contributed by atoms with Gasteiger partial charge in [0, 0.05) is 5.39 Å². The Morgan fingerprint density at radius 1 is 1.12 bits per heavy atom. The van der Waals surface area contributed by atoms with Gasteiger partial charge in [-0.05, 0) is 18.2 Å². The van der Waals surface area contributed by atoms with E-state index in [1.54, 1.807) is 24.3 Å². The van der Waals surface area contributed by atoms with Crippen LogP contribution < -0.4 is 5.32 Å². The largest absolute Gasteiger partial charge is 0.493 e. The molecule has 0 radical (unpaired) electrons. The standard InChI is InChI=1S/C17H13FN4O3/c18-12-7-3-1-5-10(12)16(24)19-9-14(23)21-22-15-11-6-2-4-8-13(11)20-17(15)25/h1-8,20,25H,9H2,(H,19,24). The van der Waals surface area contributed by atoms with Gasteiger partial charge in [-0.15, -0.1) is 10.2 Å². The molecule has 2 aromatic carbocycles. The lowest BCUT2D eigenvalue weighted by Crippen LogP contribution is -2.29. The van der Waals surface area contributed by atoms with Gasteiger partial charge >= 0.3 is 0 Å². The van der Waals surface area contributed by atoms with Crippen LogP contribution in [-0.4, -0.2) is 28.4 Å². The molecule has 0 spiro atoms. The van der Waals surface area contributed by atoms with E-state index in [0.717, 1.165) is 6.07 Å². The highest BCUT2D eigenvalue weighted by Gasteiger charge is 2.13. The molecule has 1 heterocycles. The molecule has 0 saturated carbocycles. The van der Waals surface area contributed by atoms with E-state index in [4.69, 9.17) is 0 Å². The Bertz CT molecular complexity index is 981. The average molecular weight is 340 g/mol. The molecular formula is C17H13FN4O3. The zero-order valence-electron chi connectivity index (χ0n) is 12.9. The highest BCUT2D eigenvalue weighted by molar-refractivity contribution is 5.97. The average Bonchev–Trinajstić information content (AvgIpc) is 2.93. The van der Waals surface area contributed by atoms with Crippen molar-refractivity contribution in [2.75, 3.05) is 6.54 Å². The number of rotatable bonds is 4. The van der Waals surface area contributed by atoms with Gasteiger partial charge in [-0.3, -0.25) is 9.59 Å². The minimum absolute atomic E-state index is 0.129. The van der Waals surface area contributed by atoms with Gasteiger partial charge in [0.1, 0.15) is 12.4 Å². The number of azo groups is 1. The molecule has 8 heteroatoms. The molecule has 0 unspecified atom stereocenters. The second kappa shape index (κ2) is 6.91. The summed E-state index contributed by atoms with van der Waals surface area (Å²) in [4.78, 5) is 26.3. The number of halogens is 1. The predicted molar refractivity (Wildman–Crippen MR) is 88.2 cm³/mol. The van der Waals surface area contributed by atoms with Crippen LogP contribution in [0.3, 0.4) is 0 Å². The van der Waals surface area contributed by atoms with Crippen molar-refractivity contribution in [1.82, 2.24) is 10.3 Å². The minimum Gasteiger partial charge on any atom is -0.493 e. The van der Waals surface area contributed by atoms with Crippen molar-refractivity contribution < 1.29 is 19.1 Å². The molecule has 1 aromatic heterocycles. The number of carbonyl (C=O) groups is 2. The Hall–Kier alpha value is -3.55. The normalized spacial score (nSPS) is 11.1. The summed E-state index contributed by atoms with van der Waals surface area (Å²) in [5.41, 5.74) is 0.611. The number of nitrogens with zero attached hydrogens (tertiary/aromatic N) is 2. The lowest BCUT2D eigenvalue weighted by Gasteiger charge is -2.03. The summed E-state index contributed by atoms with van der Waals surface area (Å²) in [6.45, 7) is -0.445. The van der Waals surface area contributed by atoms with Gasteiger partial charge in [-0.1, -0.05) is 30.3 Å². The summed E-state index contributed by atoms with van der Waals surface area (Å²) >= 11 is 0. The van der Waals surface area contributed by atoms with E-state index in [2.05, 4.69) is 20.5 Å². The molecular weight excluding hydrogens is 327 g/mol. The number of aromatic nitrogens is 1. The Morgan fingerprint density at radius 3 is 2.64 bits per heavy atom. The van der Waals surface area contributed by atoms with Crippen LogP contribution in [0.25, 0.3) is 10.9 Å². The van der Waals surface area contributed by atoms with E-state index in [-0.39, 0.29) is 17.1 Å². The number of para-hydroxylation sites is 1. The first-order chi connectivity index (χ1) is 12.1. The number of benzene rings is 2. The van der Waals surface area contributed by atoms with E-state index in [0.29, 0.717) is 10.9 Å². The third-order valence-corrected chi connectivity index (χ3v) is 3.44. The van der Waals surface area contributed by atoms with Gasteiger partial charge in [-0.2, -0.15) is 0 Å². The molecule has 0 aliphatic rings. The van der Waals surface area contributed by atoms with Crippen molar-refractivity contribution in [1.29, 1.82) is 0 Å². The number of hydrogen-bond acceptors (Lipinski definition) is 4. The highest BCUT2D eigenvalue weighted by atomic mass is 19.1. The first-order valence-electron chi connectivity index (χ1n) is 7.33. The van der Waals surface area contributed by atoms with Gasteiger partial charge in [0.15, 0.2) is 5.69 Å². The van der Waals surface area contributed by atoms with Crippen LogP contribution >= 0.6 is 0 Å². The molecule has 3 rings (SSSR count). The highest BCUT2D eigenvalue weighted by Crippen LogP contribution is 2.35. The Kier molecular flexibility index (Phi) is 4.51. The molecule has 2 amide bonds. The predicted octanol–water partition coefficient (Wildman–Crippen LogP) is 3.05. The molecule has 7 nitrogen and oxygen atoms in total. The SMILES string of the molecule is O=C(CNC(=O)c1ccccc1F)N=Nc1c(O)[nH]c2ccccc12. The van der Waals surface area contributed by atoms with E-state index in [1.165, 1.54) is 18.2 Å². The maximum absolute atomic E-state index is 13.5. The third kappa shape index (κ3) is 3.52. The number of nitrogens with one attached hydrogen (secondary N) is 2. The first kappa shape index (κ1) is 16.3. The van der Waals surface area contributed by atoms with Gasteiger partial charge in [0.25, 0.3) is 11.8 Å². The van der Waals surface area contributed by atoms with Gasteiger partial charge < -0.3 is 15.4 Å². The molecule has 0 fully saturated rings.